The Morgan fingerprint density at radius 2 is 1.81 bits per heavy atom. The summed E-state index contributed by atoms with van der Waals surface area (Å²) in [4.78, 5) is 0. The normalized spacial score (nSPS) is 25.6. The van der Waals surface area contributed by atoms with Crippen molar-refractivity contribution in [1.82, 2.24) is 0 Å². The smallest absolute Gasteiger partial charge is 0.119 e. The van der Waals surface area contributed by atoms with Gasteiger partial charge in [-0.25, -0.2) is 0 Å². The Hall–Kier alpha value is -1.22. The van der Waals surface area contributed by atoms with E-state index in [9.17, 15) is 0 Å². The highest BCUT2D eigenvalue weighted by Crippen LogP contribution is 2.30. The first-order chi connectivity index (χ1) is 10.2. The fraction of sp³-hybridized carbons (Fsp3) is 0.667. The summed E-state index contributed by atoms with van der Waals surface area (Å²) in [6.07, 6.45) is 7.55. The molecule has 1 aromatic rings. The molecule has 3 nitrogen and oxygen atoms in total. The van der Waals surface area contributed by atoms with Crippen LogP contribution in [0.5, 0.6) is 5.75 Å². The molecule has 0 amide bonds. The summed E-state index contributed by atoms with van der Waals surface area (Å²) in [7, 11) is 0. The van der Waals surface area contributed by atoms with Gasteiger partial charge in [0.2, 0.25) is 0 Å². The van der Waals surface area contributed by atoms with Crippen molar-refractivity contribution in [1.29, 1.82) is 0 Å². The third kappa shape index (κ3) is 4.37. The molecule has 0 bridgehead atoms. The molecule has 21 heavy (non-hydrogen) atoms. The maximum Gasteiger partial charge on any atom is 0.119 e. The monoisotopic (exact) mass is 288 g/mol. The van der Waals surface area contributed by atoms with Crippen LogP contribution in [0.3, 0.4) is 0 Å². The largest absolute Gasteiger partial charge is 0.493 e. The molecule has 0 atom stereocenters. The second-order valence-electron chi connectivity index (χ2n) is 6.89. The Labute approximate surface area is 128 Å². The van der Waals surface area contributed by atoms with Crippen molar-refractivity contribution < 1.29 is 4.74 Å². The van der Waals surface area contributed by atoms with Gasteiger partial charge in [0.05, 0.1) is 6.61 Å². The third-order valence-corrected chi connectivity index (χ3v) is 4.85. The number of aryl methyl sites for hydroxylation is 1. The predicted octanol–water partition coefficient (Wildman–Crippen LogP) is 3.71. The Morgan fingerprint density at radius 1 is 1.10 bits per heavy atom. The average molecular weight is 288 g/mol. The van der Waals surface area contributed by atoms with Gasteiger partial charge >= 0.3 is 0 Å². The van der Waals surface area contributed by atoms with Gasteiger partial charge in [0.1, 0.15) is 5.75 Å². The van der Waals surface area contributed by atoms with Crippen molar-refractivity contribution in [2.45, 2.75) is 51.5 Å². The van der Waals surface area contributed by atoms with Crippen LogP contribution in [0.1, 0.15) is 44.1 Å². The van der Waals surface area contributed by atoms with Gasteiger partial charge in [-0.15, -0.1) is 0 Å². The lowest BCUT2D eigenvalue weighted by Gasteiger charge is -2.26. The van der Waals surface area contributed by atoms with E-state index in [-0.39, 0.29) is 0 Å². The topological polar surface area (TPSA) is 47.3 Å². The molecule has 116 valence electrons. The second-order valence-corrected chi connectivity index (χ2v) is 6.89. The average Bonchev–Trinajstić information content (AvgIpc) is 3.30. The summed E-state index contributed by atoms with van der Waals surface area (Å²) >= 11 is 0. The Bertz CT molecular complexity index is 462. The van der Waals surface area contributed by atoms with Crippen molar-refractivity contribution in [3.8, 4) is 5.75 Å². The van der Waals surface area contributed by atoms with Crippen LogP contribution < -0.4 is 15.8 Å². The number of ether oxygens (including phenoxy) is 1. The molecule has 2 aliphatic carbocycles. The first-order valence-corrected chi connectivity index (χ1v) is 8.43. The lowest BCUT2D eigenvalue weighted by molar-refractivity contribution is 0.299. The lowest BCUT2D eigenvalue weighted by Crippen LogP contribution is -2.29. The highest BCUT2D eigenvalue weighted by molar-refractivity contribution is 5.53. The number of nitrogens with two attached hydrogens (primary N) is 1. The highest BCUT2D eigenvalue weighted by Gasteiger charge is 2.22. The van der Waals surface area contributed by atoms with Crippen LogP contribution in [0.4, 0.5) is 5.69 Å². The summed E-state index contributed by atoms with van der Waals surface area (Å²) < 4.78 is 5.83. The van der Waals surface area contributed by atoms with E-state index in [2.05, 4.69) is 30.4 Å². The second kappa shape index (κ2) is 6.69. The molecule has 0 unspecified atom stereocenters. The van der Waals surface area contributed by atoms with E-state index in [1.54, 1.807) is 0 Å². The van der Waals surface area contributed by atoms with Gasteiger partial charge in [0.25, 0.3) is 0 Å². The minimum atomic E-state index is 0.436. The maximum absolute atomic E-state index is 5.96. The minimum absolute atomic E-state index is 0.436. The van der Waals surface area contributed by atoms with Crippen molar-refractivity contribution in [2.24, 2.45) is 17.6 Å². The molecule has 3 N–H and O–H groups in total. The zero-order valence-electron chi connectivity index (χ0n) is 13.1. The fourth-order valence-corrected chi connectivity index (χ4v) is 3.07. The molecule has 0 aliphatic heterocycles. The van der Waals surface area contributed by atoms with Crippen LogP contribution in [0.2, 0.25) is 0 Å². The summed E-state index contributed by atoms with van der Waals surface area (Å²) in [5.74, 6) is 2.59. The van der Waals surface area contributed by atoms with E-state index < -0.39 is 0 Å². The quantitative estimate of drug-likeness (QED) is 0.839. The Morgan fingerprint density at radius 3 is 2.48 bits per heavy atom. The molecule has 0 heterocycles. The molecule has 2 fully saturated rings. The zero-order chi connectivity index (χ0) is 14.7. The van der Waals surface area contributed by atoms with Gasteiger partial charge < -0.3 is 15.8 Å². The van der Waals surface area contributed by atoms with Gasteiger partial charge in [0, 0.05) is 18.3 Å². The van der Waals surface area contributed by atoms with Gasteiger partial charge in [-0.3, -0.25) is 0 Å². The molecular weight excluding hydrogens is 260 g/mol. The summed E-state index contributed by atoms with van der Waals surface area (Å²) in [6.45, 7) is 4.10. The maximum atomic E-state index is 5.96. The molecule has 3 heteroatoms. The van der Waals surface area contributed by atoms with Crippen LogP contribution in [0.25, 0.3) is 0 Å². The lowest BCUT2D eigenvalue weighted by atomic mass is 9.86. The molecule has 0 saturated heterocycles. The summed E-state index contributed by atoms with van der Waals surface area (Å²) in [6, 6.07) is 6.84. The molecule has 0 radical (unpaired) electrons. The fourth-order valence-electron chi connectivity index (χ4n) is 3.07. The van der Waals surface area contributed by atoms with Gasteiger partial charge in [-0.1, -0.05) is 0 Å². The third-order valence-electron chi connectivity index (χ3n) is 4.85. The minimum Gasteiger partial charge on any atom is -0.493 e. The van der Waals surface area contributed by atoms with Crippen molar-refractivity contribution in [2.75, 3.05) is 18.5 Å². The van der Waals surface area contributed by atoms with Crippen LogP contribution in [-0.4, -0.2) is 19.2 Å². The SMILES string of the molecule is Cc1cc(OCC2CC2)ccc1NC[C@H]1CC[C@H](N)CC1. The molecular formula is C18H28N2O. The van der Waals surface area contributed by atoms with Gasteiger partial charge in [-0.2, -0.15) is 0 Å². The molecule has 0 spiro atoms. The van der Waals surface area contributed by atoms with Crippen LogP contribution in [-0.2, 0) is 0 Å². The molecule has 3 rings (SSSR count). The zero-order valence-corrected chi connectivity index (χ0v) is 13.1. The first-order valence-electron chi connectivity index (χ1n) is 8.43. The standard InChI is InChI=1S/C18H28N2O/c1-13-10-17(21-12-15-2-3-15)8-9-18(13)20-11-14-4-6-16(19)7-5-14/h8-10,14-16,20H,2-7,11-12,19H2,1H3/t14-,16-. The van der Waals surface area contributed by atoms with E-state index in [1.165, 1.54) is 49.8 Å². The van der Waals surface area contributed by atoms with E-state index in [1.807, 2.05) is 0 Å². The number of rotatable bonds is 6. The number of benzene rings is 1. The number of hydrogen-bond donors (Lipinski definition) is 2. The highest BCUT2D eigenvalue weighted by atomic mass is 16.5. The number of nitrogens with one attached hydrogen (secondary N) is 1. The van der Waals surface area contributed by atoms with E-state index in [4.69, 9.17) is 10.5 Å². The predicted molar refractivity (Wildman–Crippen MR) is 87.8 cm³/mol. The van der Waals surface area contributed by atoms with Crippen molar-refractivity contribution in [3.05, 3.63) is 23.8 Å². The molecule has 0 aromatic heterocycles. The van der Waals surface area contributed by atoms with E-state index in [0.717, 1.165) is 30.7 Å². The van der Waals surface area contributed by atoms with Crippen LogP contribution in [0, 0.1) is 18.8 Å². The number of hydrogen-bond acceptors (Lipinski definition) is 3. The van der Waals surface area contributed by atoms with Gasteiger partial charge in [-0.05, 0) is 81.0 Å². The molecule has 2 aliphatic rings. The first kappa shape index (κ1) is 14.7. The molecule has 1 aromatic carbocycles. The van der Waals surface area contributed by atoms with Crippen LogP contribution >= 0.6 is 0 Å². The van der Waals surface area contributed by atoms with E-state index in [0.29, 0.717) is 6.04 Å². The Kier molecular flexibility index (Phi) is 4.69. The molecule has 2 saturated carbocycles. The summed E-state index contributed by atoms with van der Waals surface area (Å²) in [5.41, 5.74) is 8.48. The summed E-state index contributed by atoms with van der Waals surface area (Å²) in [5, 5.41) is 3.61. The number of anilines is 1. The van der Waals surface area contributed by atoms with Gasteiger partial charge in [0.15, 0.2) is 0 Å². The van der Waals surface area contributed by atoms with Crippen molar-refractivity contribution >= 4 is 5.69 Å². The van der Waals surface area contributed by atoms with Crippen LogP contribution in [0.15, 0.2) is 18.2 Å². The van der Waals surface area contributed by atoms with Crippen molar-refractivity contribution in [3.63, 3.8) is 0 Å². The van der Waals surface area contributed by atoms with E-state index >= 15 is 0 Å². The Balaban J connectivity index is 1.48.